The molecular weight excluding hydrogens is 489 g/mol. The van der Waals surface area contributed by atoms with Crippen LogP contribution in [-0.2, 0) is 4.74 Å². The number of hydrogen-bond donors (Lipinski definition) is 1. The standard InChI is InChI=1S/C25H27Cl2N5O3/c1-31(17-9-5-3-6-10-17)25-29-16-28-24-18(15-30-32(24)25)23(33)21-20(12-11-19(26)22(21)27)35-14-8-4-7-13-34-2/h3,5-6,9-12,15-16,23,33H,4,7-8,13-14H2,1-2H3. The first-order valence-corrected chi connectivity index (χ1v) is 12.0. The van der Waals surface area contributed by atoms with E-state index < -0.39 is 6.10 Å². The zero-order valence-electron chi connectivity index (χ0n) is 19.6. The van der Waals surface area contributed by atoms with Gasteiger partial charge in [0.05, 0.1) is 28.4 Å². The molecule has 0 aliphatic carbocycles. The third-order valence-corrected chi connectivity index (χ3v) is 6.49. The lowest BCUT2D eigenvalue weighted by Gasteiger charge is -2.19. The summed E-state index contributed by atoms with van der Waals surface area (Å²) in [6, 6.07) is 13.2. The number of unbranched alkanes of at least 4 members (excludes halogenated alkanes) is 2. The number of aliphatic hydroxyl groups is 1. The average Bonchev–Trinajstić information content (AvgIpc) is 3.32. The Balaban J connectivity index is 1.64. The van der Waals surface area contributed by atoms with Crippen molar-refractivity contribution in [1.82, 2.24) is 19.6 Å². The summed E-state index contributed by atoms with van der Waals surface area (Å²) in [5.74, 6) is 1.01. The molecule has 0 bridgehead atoms. The SMILES string of the molecule is COCCCCCOc1ccc(Cl)c(Cl)c1C(O)c1cnn2c(N(C)c3ccccc3)ncnc12. The molecule has 0 saturated carbocycles. The Morgan fingerprint density at radius 2 is 1.80 bits per heavy atom. The molecule has 10 heteroatoms. The van der Waals surface area contributed by atoms with Gasteiger partial charge in [0.1, 0.15) is 18.2 Å². The van der Waals surface area contributed by atoms with E-state index in [1.54, 1.807) is 30.0 Å². The summed E-state index contributed by atoms with van der Waals surface area (Å²) in [4.78, 5) is 10.7. The van der Waals surface area contributed by atoms with E-state index in [1.807, 2.05) is 42.3 Å². The zero-order valence-corrected chi connectivity index (χ0v) is 21.1. The second kappa shape index (κ2) is 11.7. The van der Waals surface area contributed by atoms with E-state index in [-0.39, 0.29) is 5.02 Å². The second-order valence-electron chi connectivity index (χ2n) is 7.98. The molecule has 0 fully saturated rings. The predicted molar refractivity (Wildman–Crippen MR) is 137 cm³/mol. The number of fused-ring (bicyclic) bond motifs is 1. The van der Waals surface area contributed by atoms with Crippen LogP contribution in [0.15, 0.2) is 55.0 Å². The highest BCUT2D eigenvalue weighted by molar-refractivity contribution is 6.42. The maximum atomic E-state index is 11.4. The van der Waals surface area contributed by atoms with Crippen molar-refractivity contribution >= 4 is 40.5 Å². The van der Waals surface area contributed by atoms with E-state index in [0.717, 1.165) is 31.6 Å². The van der Waals surface area contributed by atoms with Crippen molar-refractivity contribution in [3.8, 4) is 5.75 Å². The van der Waals surface area contributed by atoms with Crippen molar-refractivity contribution in [1.29, 1.82) is 0 Å². The van der Waals surface area contributed by atoms with Crippen LogP contribution >= 0.6 is 23.2 Å². The summed E-state index contributed by atoms with van der Waals surface area (Å²) in [5, 5.41) is 16.4. The first-order chi connectivity index (χ1) is 17.0. The zero-order chi connectivity index (χ0) is 24.8. The molecule has 4 aromatic rings. The van der Waals surface area contributed by atoms with Crippen molar-refractivity contribution in [3.05, 3.63) is 76.2 Å². The van der Waals surface area contributed by atoms with Crippen LogP contribution < -0.4 is 9.64 Å². The lowest BCUT2D eigenvalue weighted by Crippen LogP contribution is -2.16. The highest BCUT2D eigenvalue weighted by Gasteiger charge is 2.26. The highest BCUT2D eigenvalue weighted by Crippen LogP contribution is 2.41. The lowest BCUT2D eigenvalue weighted by atomic mass is 10.0. The van der Waals surface area contributed by atoms with Gasteiger partial charge in [0, 0.05) is 32.0 Å². The Labute approximate surface area is 214 Å². The number of aliphatic hydroxyl groups excluding tert-OH is 1. The van der Waals surface area contributed by atoms with Crippen molar-refractivity contribution in [2.24, 2.45) is 0 Å². The maximum absolute atomic E-state index is 11.4. The molecule has 2 aromatic heterocycles. The van der Waals surface area contributed by atoms with Crippen LogP contribution in [0.5, 0.6) is 5.75 Å². The van der Waals surface area contributed by atoms with Gasteiger partial charge in [-0.1, -0.05) is 41.4 Å². The first-order valence-electron chi connectivity index (χ1n) is 11.3. The Morgan fingerprint density at radius 1 is 1.03 bits per heavy atom. The van der Waals surface area contributed by atoms with E-state index in [4.69, 9.17) is 32.7 Å². The fourth-order valence-electron chi connectivity index (χ4n) is 3.80. The number of nitrogens with zero attached hydrogens (tertiary/aromatic N) is 5. The largest absolute Gasteiger partial charge is 0.493 e. The Bertz CT molecular complexity index is 1270. The van der Waals surface area contributed by atoms with Gasteiger partial charge in [-0.05, 0) is 43.5 Å². The summed E-state index contributed by atoms with van der Waals surface area (Å²) in [7, 11) is 3.58. The van der Waals surface area contributed by atoms with Crippen LogP contribution in [0.25, 0.3) is 5.65 Å². The van der Waals surface area contributed by atoms with Crippen LogP contribution in [0.2, 0.25) is 10.0 Å². The normalized spacial score (nSPS) is 12.1. The topological polar surface area (TPSA) is 85.0 Å². The van der Waals surface area contributed by atoms with Gasteiger partial charge in [-0.2, -0.15) is 9.61 Å². The number of hydrogen-bond acceptors (Lipinski definition) is 7. The van der Waals surface area contributed by atoms with Crippen molar-refractivity contribution in [2.45, 2.75) is 25.4 Å². The predicted octanol–water partition coefficient (Wildman–Crippen LogP) is 5.48. The van der Waals surface area contributed by atoms with Gasteiger partial charge in [-0.3, -0.25) is 0 Å². The van der Waals surface area contributed by atoms with E-state index in [9.17, 15) is 5.11 Å². The van der Waals surface area contributed by atoms with Gasteiger partial charge in [-0.15, -0.1) is 0 Å². The van der Waals surface area contributed by atoms with Crippen LogP contribution in [0.3, 0.4) is 0 Å². The quantitative estimate of drug-likeness (QED) is 0.265. The van der Waals surface area contributed by atoms with Crippen LogP contribution in [0, 0.1) is 0 Å². The van der Waals surface area contributed by atoms with Gasteiger partial charge in [0.15, 0.2) is 5.65 Å². The van der Waals surface area contributed by atoms with E-state index in [1.165, 1.54) is 6.33 Å². The molecule has 0 aliphatic heterocycles. The number of anilines is 2. The molecule has 184 valence electrons. The minimum atomic E-state index is -1.16. The minimum Gasteiger partial charge on any atom is -0.493 e. The van der Waals surface area contributed by atoms with Crippen LogP contribution in [0.4, 0.5) is 11.6 Å². The molecule has 8 nitrogen and oxygen atoms in total. The van der Waals surface area contributed by atoms with Gasteiger partial charge in [0.25, 0.3) is 0 Å². The highest BCUT2D eigenvalue weighted by atomic mass is 35.5. The number of rotatable bonds is 11. The average molecular weight is 516 g/mol. The summed E-state index contributed by atoms with van der Waals surface area (Å²) in [6.07, 6.45) is 4.61. The smallest absolute Gasteiger partial charge is 0.234 e. The lowest BCUT2D eigenvalue weighted by molar-refractivity contribution is 0.188. The molecule has 4 rings (SSSR count). The fourth-order valence-corrected chi connectivity index (χ4v) is 4.23. The van der Waals surface area contributed by atoms with E-state index in [2.05, 4.69) is 15.1 Å². The van der Waals surface area contributed by atoms with Crippen LogP contribution in [0.1, 0.15) is 36.5 Å². The van der Waals surface area contributed by atoms with Gasteiger partial charge in [-0.25, -0.2) is 9.97 Å². The van der Waals surface area contributed by atoms with Gasteiger partial charge >= 0.3 is 0 Å². The Hall–Kier alpha value is -2.91. The molecule has 1 unspecified atom stereocenters. The summed E-state index contributed by atoms with van der Waals surface area (Å²) in [5.41, 5.74) is 2.22. The number of aromatic nitrogens is 4. The summed E-state index contributed by atoms with van der Waals surface area (Å²) in [6.45, 7) is 1.19. The van der Waals surface area contributed by atoms with Crippen molar-refractivity contribution < 1.29 is 14.6 Å². The molecular formula is C25H27Cl2N5O3. The maximum Gasteiger partial charge on any atom is 0.234 e. The number of halogens is 2. The molecule has 0 aliphatic rings. The molecule has 0 saturated heterocycles. The van der Waals surface area contributed by atoms with E-state index in [0.29, 0.717) is 40.1 Å². The van der Waals surface area contributed by atoms with Gasteiger partial charge in [0.2, 0.25) is 5.95 Å². The third kappa shape index (κ3) is 5.51. The summed E-state index contributed by atoms with van der Waals surface area (Å²) >= 11 is 12.8. The van der Waals surface area contributed by atoms with Crippen LogP contribution in [-0.4, -0.2) is 52.1 Å². The number of ether oxygens (including phenoxy) is 2. The van der Waals surface area contributed by atoms with E-state index >= 15 is 0 Å². The Morgan fingerprint density at radius 3 is 2.57 bits per heavy atom. The minimum absolute atomic E-state index is 0.228. The second-order valence-corrected chi connectivity index (χ2v) is 8.77. The number of benzene rings is 2. The number of para-hydroxylation sites is 1. The fraction of sp³-hybridized carbons (Fsp3) is 0.320. The molecule has 2 aromatic carbocycles. The molecule has 35 heavy (non-hydrogen) atoms. The monoisotopic (exact) mass is 515 g/mol. The molecule has 0 spiro atoms. The summed E-state index contributed by atoms with van der Waals surface area (Å²) < 4.78 is 12.7. The molecule has 2 heterocycles. The first kappa shape index (κ1) is 25.2. The molecule has 0 radical (unpaired) electrons. The molecule has 1 N–H and O–H groups in total. The van der Waals surface area contributed by atoms with Crippen molar-refractivity contribution in [3.63, 3.8) is 0 Å². The van der Waals surface area contributed by atoms with Crippen molar-refractivity contribution in [2.75, 3.05) is 32.3 Å². The van der Waals surface area contributed by atoms with Gasteiger partial charge < -0.3 is 19.5 Å². The number of methoxy groups -OCH3 is 1. The molecule has 1 atom stereocenters. The molecule has 0 amide bonds. The third-order valence-electron chi connectivity index (χ3n) is 5.67. The Kier molecular flexibility index (Phi) is 8.41.